The monoisotopic (exact) mass is 433 g/mol. The van der Waals surface area contributed by atoms with Gasteiger partial charge in [-0.3, -0.25) is 24.3 Å². The maximum Gasteiger partial charge on any atom is 0.235 e. The maximum absolute atomic E-state index is 13.8. The molecule has 32 heavy (non-hydrogen) atoms. The number of fused-ring (bicyclic) bond motifs is 7. The highest BCUT2D eigenvalue weighted by molar-refractivity contribution is 6.13. The second kappa shape index (κ2) is 7.24. The summed E-state index contributed by atoms with van der Waals surface area (Å²) in [5.74, 6) is -1.86. The normalized spacial score (nSPS) is 26.5. The predicted molar refractivity (Wildman–Crippen MR) is 121 cm³/mol. The van der Waals surface area contributed by atoms with Crippen LogP contribution in [0.3, 0.4) is 0 Å². The Morgan fingerprint density at radius 1 is 1.12 bits per heavy atom. The van der Waals surface area contributed by atoms with E-state index in [4.69, 9.17) is 4.74 Å². The molecule has 7 heteroatoms. The summed E-state index contributed by atoms with van der Waals surface area (Å²) in [5.41, 5.74) is 1.88. The van der Waals surface area contributed by atoms with Crippen LogP contribution in [-0.2, 0) is 19.1 Å². The molecule has 4 atom stereocenters. The van der Waals surface area contributed by atoms with Gasteiger partial charge in [0.2, 0.25) is 11.8 Å². The van der Waals surface area contributed by atoms with Crippen molar-refractivity contribution in [2.75, 3.05) is 25.2 Å². The van der Waals surface area contributed by atoms with Crippen LogP contribution in [0.4, 0.5) is 5.69 Å². The van der Waals surface area contributed by atoms with Crippen molar-refractivity contribution in [1.29, 1.82) is 0 Å². The minimum atomic E-state index is -0.731. The molecular formula is C25H27N3O4. The highest BCUT2D eigenvalue weighted by Crippen LogP contribution is 2.51. The Kier molecular flexibility index (Phi) is 4.71. The van der Waals surface area contributed by atoms with Gasteiger partial charge in [-0.1, -0.05) is 51.1 Å². The molecule has 0 aliphatic carbocycles. The summed E-state index contributed by atoms with van der Waals surface area (Å²) in [6, 6.07) is 6.77. The first-order valence-corrected chi connectivity index (χ1v) is 11.0. The number of amides is 2. The lowest BCUT2D eigenvalue weighted by Crippen LogP contribution is -2.51. The third-order valence-corrected chi connectivity index (χ3v) is 6.86. The zero-order chi connectivity index (χ0) is 22.8. The first-order valence-electron chi connectivity index (χ1n) is 11.0. The second-order valence-corrected chi connectivity index (χ2v) is 9.77. The third kappa shape index (κ3) is 2.84. The molecular weight excluding hydrogens is 406 g/mol. The van der Waals surface area contributed by atoms with Gasteiger partial charge in [-0.2, -0.15) is 0 Å². The summed E-state index contributed by atoms with van der Waals surface area (Å²) in [4.78, 5) is 48.6. The number of Topliss-reactive ketones (excluding diaryl/α,β-unsaturated/α-hetero) is 1. The number of anilines is 1. The largest absolute Gasteiger partial charge is 0.383 e. The lowest BCUT2D eigenvalue weighted by Gasteiger charge is -2.39. The van der Waals surface area contributed by atoms with E-state index >= 15 is 0 Å². The predicted octanol–water partition coefficient (Wildman–Crippen LogP) is 2.68. The average Bonchev–Trinajstić information content (AvgIpc) is 3.23. The van der Waals surface area contributed by atoms with Gasteiger partial charge in [0.15, 0.2) is 5.78 Å². The van der Waals surface area contributed by atoms with Crippen LogP contribution in [0.1, 0.15) is 26.3 Å². The van der Waals surface area contributed by atoms with Crippen molar-refractivity contribution in [3.63, 3.8) is 0 Å². The Balaban J connectivity index is 1.70. The Bertz CT molecular complexity index is 1170. The molecule has 0 bridgehead atoms. The van der Waals surface area contributed by atoms with E-state index in [1.165, 1.54) is 4.90 Å². The quantitative estimate of drug-likeness (QED) is 0.690. The van der Waals surface area contributed by atoms with Crippen LogP contribution < -0.4 is 4.90 Å². The molecule has 3 aliphatic heterocycles. The van der Waals surface area contributed by atoms with Crippen molar-refractivity contribution >= 4 is 40.3 Å². The Labute approximate surface area is 187 Å². The SMILES string of the molecule is COCCN1C(=O)[C@@H]2[C@H](C1=O)[C@@H](C(=O)C(C)(C)C)N1c3c(ccc4cccnc34)C=C[C@@H]21. The number of benzene rings is 1. The number of likely N-dealkylation sites (tertiary alicyclic amines) is 1. The van der Waals surface area contributed by atoms with Crippen molar-refractivity contribution in [2.24, 2.45) is 17.3 Å². The summed E-state index contributed by atoms with van der Waals surface area (Å²) >= 11 is 0. The number of hydrogen-bond donors (Lipinski definition) is 0. The van der Waals surface area contributed by atoms with E-state index in [2.05, 4.69) is 4.98 Å². The number of rotatable bonds is 4. The molecule has 3 aliphatic rings. The highest BCUT2D eigenvalue weighted by atomic mass is 16.5. The first-order chi connectivity index (χ1) is 15.3. The fraction of sp³-hybridized carbons (Fsp3) is 0.440. The van der Waals surface area contributed by atoms with Crippen molar-refractivity contribution in [3.8, 4) is 0 Å². The number of ketones is 1. The van der Waals surface area contributed by atoms with Crippen LogP contribution in [0, 0.1) is 17.3 Å². The molecule has 2 amide bonds. The van der Waals surface area contributed by atoms with Crippen molar-refractivity contribution in [1.82, 2.24) is 9.88 Å². The van der Waals surface area contributed by atoms with E-state index in [1.54, 1.807) is 13.3 Å². The van der Waals surface area contributed by atoms with Crippen LogP contribution in [0.5, 0.6) is 0 Å². The Morgan fingerprint density at radius 3 is 2.59 bits per heavy atom. The number of ether oxygens (including phenoxy) is 1. The number of carbonyl (C=O) groups excluding carboxylic acids is 3. The summed E-state index contributed by atoms with van der Waals surface area (Å²) in [5, 5.41) is 0.957. The van der Waals surface area contributed by atoms with Crippen molar-refractivity contribution in [2.45, 2.75) is 32.9 Å². The van der Waals surface area contributed by atoms with Gasteiger partial charge in [-0.05, 0) is 11.6 Å². The zero-order valence-electron chi connectivity index (χ0n) is 18.7. The summed E-state index contributed by atoms with van der Waals surface area (Å²) in [7, 11) is 1.54. The van der Waals surface area contributed by atoms with Crippen LogP contribution in [0.2, 0.25) is 0 Å². The number of aromatic nitrogens is 1. The summed E-state index contributed by atoms with van der Waals surface area (Å²) in [6.07, 6.45) is 5.69. The number of hydrogen-bond acceptors (Lipinski definition) is 6. The van der Waals surface area contributed by atoms with Crippen LogP contribution in [0.15, 0.2) is 36.5 Å². The zero-order valence-corrected chi connectivity index (χ0v) is 18.7. The summed E-state index contributed by atoms with van der Waals surface area (Å²) in [6.45, 7) is 6.07. The molecule has 0 spiro atoms. The van der Waals surface area contributed by atoms with Gasteiger partial charge in [-0.25, -0.2) is 0 Å². The number of pyridine rings is 1. The van der Waals surface area contributed by atoms with E-state index in [0.29, 0.717) is 0 Å². The van der Waals surface area contributed by atoms with Crippen molar-refractivity contribution in [3.05, 3.63) is 42.1 Å². The van der Waals surface area contributed by atoms with E-state index < -0.39 is 23.3 Å². The number of nitrogens with zero attached hydrogens (tertiary/aromatic N) is 3. The minimum absolute atomic E-state index is 0.0427. The van der Waals surface area contributed by atoms with Gasteiger partial charge in [-0.15, -0.1) is 0 Å². The first kappa shape index (κ1) is 20.8. The smallest absolute Gasteiger partial charge is 0.235 e. The molecule has 2 saturated heterocycles. The average molecular weight is 434 g/mol. The van der Waals surface area contributed by atoms with E-state index in [9.17, 15) is 14.4 Å². The van der Waals surface area contributed by atoms with E-state index in [1.807, 2.05) is 62.1 Å². The molecule has 166 valence electrons. The fourth-order valence-electron chi connectivity index (χ4n) is 5.39. The number of methoxy groups -OCH3 is 1. The lowest BCUT2D eigenvalue weighted by molar-refractivity contribution is -0.142. The standard InChI is InChI=1S/C25H27N3O4/c1-25(2,3)22(29)21-18-17(23(30)27(24(18)31)12-13-32-4)16-10-9-15-8-7-14-6-5-11-26-19(14)20(15)28(16)21/h5-11,16-18,21H,12-13H2,1-4H3/t16-,17-,18-,21-/m0/s1. The van der Waals surface area contributed by atoms with Gasteiger partial charge in [0.25, 0.3) is 0 Å². The van der Waals surface area contributed by atoms with Crippen LogP contribution in [-0.4, -0.2) is 59.8 Å². The number of imide groups is 1. The molecule has 2 fully saturated rings. The molecule has 5 rings (SSSR count). The van der Waals surface area contributed by atoms with Crippen LogP contribution in [0.25, 0.3) is 17.0 Å². The van der Waals surface area contributed by atoms with E-state index in [0.717, 1.165) is 22.2 Å². The van der Waals surface area contributed by atoms with E-state index in [-0.39, 0.29) is 36.8 Å². The topological polar surface area (TPSA) is 79.8 Å². The fourth-order valence-corrected chi connectivity index (χ4v) is 5.39. The van der Waals surface area contributed by atoms with Gasteiger partial charge < -0.3 is 9.64 Å². The lowest BCUT2D eigenvalue weighted by atomic mass is 9.79. The molecule has 0 N–H and O–H groups in total. The number of carbonyl (C=O) groups is 3. The molecule has 1 aromatic heterocycles. The van der Waals surface area contributed by atoms with Gasteiger partial charge >= 0.3 is 0 Å². The summed E-state index contributed by atoms with van der Waals surface area (Å²) < 4.78 is 5.11. The van der Waals surface area contributed by atoms with Gasteiger partial charge in [0.1, 0.15) is 6.04 Å². The van der Waals surface area contributed by atoms with Crippen LogP contribution >= 0.6 is 0 Å². The minimum Gasteiger partial charge on any atom is -0.383 e. The third-order valence-electron chi connectivity index (χ3n) is 6.86. The molecule has 0 unspecified atom stereocenters. The molecule has 7 nitrogen and oxygen atoms in total. The van der Waals surface area contributed by atoms with Crippen molar-refractivity contribution < 1.29 is 19.1 Å². The molecule has 2 aromatic rings. The maximum atomic E-state index is 13.8. The molecule has 0 radical (unpaired) electrons. The molecule has 0 saturated carbocycles. The molecule has 4 heterocycles. The van der Waals surface area contributed by atoms with Gasteiger partial charge in [0, 0.05) is 24.1 Å². The Hall–Kier alpha value is -3.06. The second-order valence-electron chi connectivity index (χ2n) is 9.77. The highest BCUT2D eigenvalue weighted by Gasteiger charge is 2.64. The Morgan fingerprint density at radius 2 is 1.88 bits per heavy atom. The molecule has 1 aromatic carbocycles. The van der Waals surface area contributed by atoms with Gasteiger partial charge in [0.05, 0.1) is 42.2 Å².